The zero-order valence-corrected chi connectivity index (χ0v) is 19.9. The SMILES string of the molecule is CC(C)(C)OC(=O)N1CC2CC1CN2C(=O)C(NC(=O)OCc1ccccc1)C(C)(C)C. The van der Waals surface area contributed by atoms with Gasteiger partial charge in [-0.25, -0.2) is 9.59 Å². The fourth-order valence-corrected chi connectivity index (χ4v) is 4.18. The number of carbonyl (C=O) groups excluding carboxylic acids is 3. The number of nitrogens with zero attached hydrogens (tertiary/aromatic N) is 2. The second kappa shape index (κ2) is 9.00. The van der Waals surface area contributed by atoms with Gasteiger partial charge in [0.05, 0.1) is 12.1 Å². The summed E-state index contributed by atoms with van der Waals surface area (Å²) in [5, 5.41) is 2.77. The van der Waals surface area contributed by atoms with Crippen molar-refractivity contribution >= 4 is 18.1 Å². The Hall–Kier alpha value is -2.77. The van der Waals surface area contributed by atoms with E-state index in [4.69, 9.17) is 9.47 Å². The Morgan fingerprint density at radius 3 is 2.12 bits per heavy atom. The van der Waals surface area contributed by atoms with Gasteiger partial charge in [0.25, 0.3) is 0 Å². The fourth-order valence-electron chi connectivity index (χ4n) is 4.18. The van der Waals surface area contributed by atoms with Crippen molar-refractivity contribution in [1.82, 2.24) is 15.1 Å². The molecule has 32 heavy (non-hydrogen) atoms. The molecule has 3 atom stereocenters. The lowest BCUT2D eigenvalue weighted by Gasteiger charge is -2.39. The predicted molar refractivity (Wildman–Crippen MR) is 120 cm³/mol. The Balaban J connectivity index is 1.60. The number of fused-ring (bicyclic) bond motifs is 2. The summed E-state index contributed by atoms with van der Waals surface area (Å²) >= 11 is 0. The number of piperazine rings is 1. The first-order valence-electron chi connectivity index (χ1n) is 11.1. The Labute approximate surface area is 190 Å². The average molecular weight is 446 g/mol. The van der Waals surface area contributed by atoms with Crippen LogP contribution in [0.4, 0.5) is 9.59 Å². The van der Waals surface area contributed by atoms with Crippen molar-refractivity contribution in [1.29, 1.82) is 0 Å². The lowest BCUT2D eigenvalue weighted by molar-refractivity contribution is -0.138. The van der Waals surface area contributed by atoms with Crippen molar-refractivity contribution in [2.24, 2.45) is 5.41 Å². The third-order valence-electron chi connectivity index (χ3n) is 5.74. The van der Waals surface area contributed by atoms with E-state index in [9.17, 15) is 14.4 Å². The number of rotatable bonds is 4. The number of benzene rings is 1. The van der Waals surface area contributed by atoms with Gasteiger partial charge in [0.15, 0.2) is 0 Å². The van der Waals surface area contributed by atoms with Crippen LogP contribution in [0.25, 0.3) is 0 Å². The number of hydrogen-bond donors (Lipinski definition) is 1. The van der Waals surface area contributed by atoms with Crippen LogP contribution in [0.2, 0.25) is 0 Å². The van der Waals surface area contributed by atoms with Crippen LogP contribution < -0.4 is 5.32 Å². The number of likely N-dealkylation sites (tertiary alicyclic amines) is 2. The first-order chi connectivity index (χ1) is 14.8. The van der Waals surface area contributed by atoms with Gasteiger partial charge in [-0.1, -0.05) is 51.1 Å². The molecular weight excluding hydrogens is 410 g/mol. The molecule has 2 bridgehead atoms. The minimum Gasteiger partial charge on any atom is -0.445 e. The molecule has 3 unspecified atom stereocenters. The zero-order valence-electron chi connectivity index (χ0n) is 19.9. The maximum absolute atomic E-state index is 13.4. The average Bonchev–Trinajstić information content (AvgIpc) is 3.30. The maximum atomic E-state index is 13.4. The summed E-state index contributed by atoms with van der Waals surface area (Å²) in [6, 6.07) is 8.51. The normalized spacial score (nSPS) is 21.3. The number of nitrogens with one attached hydrogen (secondary N) is 1. The molecule has 1 N–H and O–H groups in total. The highest BCUT2D eigenvalue weighted by molar-refractivity contribution is 5.87. The van der Waals surface area contributed by atoms with Crippen LogP contribution in [0.15, 0.2) is 30.3 Å². The van der Waals surface area contributed by atoms with Gasteiger partial charge in [0, 0.05) is 13.1 Å². The molecule has 2 heterocycles. The number of carbonyl (C=O) groups is 3. The largest absolute Gasteiger partial charge is 0.445 e. The lowest BCUT2D eigenvalue weighted by atomic mass is 9.85. The van der Waals surface area contributed by atoms with E-state index in [1.807, 2.05) is 71.9 Å². The standard InChI is InChI=1S/C24H35N3O5/c1-23(2,3)19(25-21(29)31-15-16-10-8-7-9-11-16)20(28)26-13-18-12-17(26)14-27(18)22(30)32-24(4,5)6/h7-11,17-19H,12-15H2,1-6H3,(H,25,29). The monoisotopic (exact) mass is 445 g/mol. The van der Waals surface area contributed by atoms with Gasteiger partial charge in [-0.15, -0.1) is 0 Å². The molecule has 2 aliphatic rings. The molecule has 2 saturated heterocycles. The van der Waals surface area contributed by atoms with Gasteiger partial charge in [-0.3, -0.25) is 4.79 Å². The molecule has 0 spiro atoms. The summed E-state index contributed by atoms with van der Waals surface area (Å²) in [6.45, 7) is 12.3. The van der Waals surface area contributed by atoms with E-state index >= 15 is 0 Å². The molecule has 0 saturated carbocycles. The number of hydrogen-bond acceptors (Lipinski definition) is 5. The topological polar surface area (TPSA) is 88.2 Å². The van der Waals surface area contributed by atoms with Crippen molar-refractivity contribution in [2.45, 2.75) is 78.3 Å². The second-order valence-electron chi connectivity index (χ2n) is 10.7. The van der Waals surface area contributed by atoms with Crippen molar-refractivity contribution < 1.29 is 23.9 Å². The highest BCUT2D eigenvalue weighted by atomic mass is 16.6. The van der Waals surface area contributed by atoms with Gasteiger partial charge >= 0.3 is 12.2 Å². The van der Waals surface area contributed by atoms with E-state index in [0.29, 0.717) is 13.1 Å². The summed E-state index contributed by atoms with van der Waals surface area (Å²) < 4.78 is 10.8. The summed E-state index contributed by atoms with van der Waals surface area (Å²) in [7, 11) is 0. The molecule has 8 heteroatoms. The number of amides is 3. The molecule has 3 amide bonds. The Bertz CT molecular complexity index is 843. The summed E-state index contributed by atoms with van der Waals surface area (Å²) in [6.07, 6.45) is -0.241. The van der Waals surface area contributed by atoms with E-state index in [2.05, 4.69) is 5.32 Å². The Morgan fingerprint density at radius 1 is 1.00 bits per heavy atom. The van der Waals surface area contributed by atoms with E-state index < -0.39 is 23.2 Å². The van der Waals surface area contributed by atoms with E-state index in [0.717, 1.165) is 12.0 Å². The first-order valence-corrected chi connectivity index (χ1v) is 11.1. The third-order valence-corrected chi connectivity index (χ3v) is 5.74. The Kier molecular flexibility index (Phi) is 6.72. The van der Waals surface area contributed by atoms with E-state index in [1.165, 1.54) is 0 Å². The van der Waals surface area contributed by atoms with Gasteiger partial charge < -0.3 is 24.6 Å². The van der Waals surface area contributed by atoms with Gasteiger partial charge in [0.1, 0.15) is 18.2 Å². The van der Waals surface area contributed by atoms with Crippen molar-refractivity contribution in [3.05, 3.63) is 35.9 Å². The lowest BCUT2D eigenvalue weighted by Crippen LogP contribution is -2.59. The molecule has 0 radical (unpaired) electrons. The van der Waals surface area contributed by atoms with Gasteiger partial charge in [-0.2, -0.15) is 0 Å². The van der Waals surface area contributed by atoms with Crippen molar-refractivity contribution in [3.63, 3.8) is 0 Å². The second-order valence-corrected chi connectivity index (χ2v) is 10.7. The molecule has 0 aliphatic carbocycles. The smallest absolute Gasteiger partial charge is 0.410 e. The van der Waals surface area contributed by atoms with Crippen LogP contribution in [0, 0.1) is 5.41 Å². The van der Waals surface area contributed by atoms with Crippen LogP contribution in [0.5, 0.6) is 0 Å². The van der Waals surface area contributed by atoms with Crippen molar-refractivity contribution in [3.8, 4) is 0 Å². The predicted octanol–water partition coefficient (Wildman–Crippen LogP) is 3.55. The summed E-state index contributed by atoms with van der Waals surface area (Å²) in [5.74, 6) is -0.148. The molecule has 1 aromatic rings. The minimum absolute atomic E-state index is 0.0653. The van der Waals surface area contributed by atoms with Crippen molar-refractivity contribution in [2.75, 3.05) is 13.1 Å². The summed E-state index contributed by atoms with van der Waals surface area (Å²) in [4.78, 5) is 41.9. The molecule has 2 aliphatic heterocycles. The van der Waals surface area contributed by atoms with E-state index in [1.54, 1.807) is 9.80 Å². The fraction of sp³-hybridized carbons (Fsp3) is 0.625. The van der Waals surface area contributed by atoms with Crippen LogP contribution >= 0.6 is 0 Å². The molecule has 8 nitrogen and oxygen atoms in total. The molecular formula is C24H35N3O5. The minimum atomic E-state index is -0.736. The number of alkyl carbamates (subject to hydrolysis) is 1. The molecule has 2 fully saturated rings. The van der Waals surface area contributed by atoms with Crippen LogP contribution in [-0.2, 0) is 20.9 Å². The van der Waals surface area contributed by atoms with Gasteiger partial charge in [-0.05, 0) is 38.2 Å². The first kappa shape index (κ1) is 23.9. The van der Waals surface area contributed by atoms with Crippen LogP contribution in [-0.4, -0.2) is 64.7 Å². The van der Waals surface area contributed by atoms with Gasteiger partial charge in [0.2, 0.25) is 5.91 Å². The highest BCUT2D eigenvalue weighted by Crippen LogP contribution is 2.34. The highest BCUT2D eigenvalue weighted by Gasteiger charge is 2.50. The summed E-state index contributed by atoms with van der Waals surface area (Å²) in [5.41, 5.74) is -0.189. The maximum Gasteiger partial charge on any atom is 0.410 e. The van der Waals surface area contributed by atoms with Crippen LogP contribution in [0.1, 0.15) is 53.5 Å². The third kappa shape index (κ3) is 5.72. The van der Waals surface area contributed by atoms with E-state index in [-0.39, 0.29) is 30.7 Å². The Morgan fingerprint density at radius 2 is 1.59 bits per heavy atom. The molecule has 0 aromatic heterocycles. The molecule has 3 rings (SSSR count). The molecule has 1 aromatic carbocycles. The van der Waals surface area contributed by atoms with Crippen LogP contribution in [0.3, 0.4) is 0 Å². The quantitative estimate of drug-likeness (QED) is 0.766. The zero-order chi connectivity index (χ0) is 23.7. The number of ether oxygens (including phenoxy) is 2. The molecule has 176 valence electrons.